The average Bonchev–Trinajstić information content (AvgIpc) is 2.59. The zero-order valence-corrected chi connectivity index (χ0v) is 7.49. The van der Waals surface area contributed by atoms with Crippen LogP contribution in [-0.2, 0) is 4.84 Å². The second-order valence-electron chi connectivity index (χ2n) is 3.04. The number of hydrogen-bond donors (Lipinski definition) is 1. The van der Waals surface area contributed by atoms with E-state index in [-0.39, 0.29) is 12.0 Å². The van der Waals surface area contributed by atoms with Gasteiger partial charge in [0.05, 0.1) is 5.69 Å². The summed E-state index contributed by atoms with van der Waals surface area (Å²) in [5.74, 6) is 0.195. The molecule has 2 heterocycles. The van der Waals surface area contributed by atoms with Crippen LogP contribution >= 0.6 is 0 Å². The van der Waals surface area contributed by atoms with Crippen molar-refractivity contribution in [2.45, 2.75) is 19.1 Å². The van der Waals surface area contributed by atoms with Crippen LogP contribution in [0.25, 0.3) is 0 Å². The first-order chi connectivity index (χ1) is 6.33. The zero-order chi connectivity index (χ0) is 9.26. The molecule has 0 saturated carbocycles. The van der Waals surface area contributed by atoms with Gasteiger partial charge in [0.15, 0.2) is 12.0 Å². The Morgan fingerprint density at radius 1 is 1.69 bits per heavy atom. The van der Waals surface area contributed by atoms with Crippen LogP contribution in [0.5, 0.6) is 0 Å². The van der Waals surface area contributed by atoms with E-state index in [0.29, 0.717) is 6.42 Å². The number of carbonyl (C=O) groups is 1. The molecular formula is C9H12N2O2. The Hall–Kier alpha value is -1.13. The molecule has 1 N–H and O–H groups in total. The summed E-state index contributed by atoms with van der Waals surface area (Å²) in [5.41, 5.74) is 3.39. The van der Waals surface area contributed by atoms with E-state index in [9.17, 15) is 4.79 Å². The van der Waals surface area contributed by atoms with Crippen molar-refractivity contribution in [1.29, 1.82) is 0 Å². The molecule has 0 spiro atoms. The van der Waals surface area contributed by atoms with Crippen LogP contribution in [-0.4, -0.2) is 17.4 Å². The number of rotatable bonds is 2. The average molecular weight is 180 g/mol. The van der Waals surface area contributed by atoms with E-state index in [0.717, 1.165) is 12.1 Å². The van der Waals surface area contributed by atoms with Gasteiger partial charge in [-0.15, -0.1) is 0 Å². The summed E-state index contributed by atoms with van der Waals surface area (Å²) in [6.07, 6.45) is 3.12. The van der Waals surface area contributed by atoms with Gasteiger partial charge in [-0.25, -0.2) is 5.48 Å². The second kappa shape index (κ2) is 3.32. The first-order valence-electron chi connectivity index (χ1n) is 4.35. The van der Waals surface area contributed by atoms with Crippen LogP contribution in [0.3, 0.4) is 0 Å². The number of hydrogen-bond acceptors (Lipinski definition) is 3. The van der Waals surface area contributed by atoms with E-state index in [1.54, 1.807) is 7.05 Å². The molecule has 1 atom stereocenters. The Bertz CT molecular complexity index is 319. The molecule has 4 nitrogen and oxygen atoms in total. The van der Waals surface area contributed by atoms with Crippen LogP contribution in [0.2, 0.25) is 0 Å². The largest absolute Gasteiger partial charge is 0.317 e. The summed E-state index contributed by atoms with van der Waals surface area (Å²) in [6, 6.07) is 3.69. The lowest BCUT2D eigenvalue weighted by molar-refractivity contribution is -0.0642. The highest BCUT2D eigenvalue weighted by atomic mass is 16.7. The van der Waals surface area contributed by atoms with Gasteiger partial charge in [0.2, 0.25) is 0 Å². The molecule has 0 bridgehead atoms. The minimum atomic E-state index is -0.0484. The number of ketones is 1. The highest BCUT2D eigenvalue weighted by Crippen LogP contribution is 2.24. The first-order valence-corrected chi connectivity index (χ1v) is 4.35. The Morgan fingerprint density at radius 3 is 3.31 bits per heavy atom. The van der Waals surface area contributed by atoms with Crippen molar-refractivity contribution < 1.29 is 9.63 Å². The monoisotopic (exact) mass is 180 g/mol. The van der Waals surface area contributed by atoms with E-state index in [4.69, 9.17) is 4.84 Å². The van der Waals surface area contributed by atoms with Crippen LogP contribution in [0.1, 0.15) is 29.6 Å². The summed E-state index contributed by atoms with van der Waals surface area (Å²) >= 11 is 0. The minimum Gasteiger partial charge on any atom is -0.317 e. The van der Waals surface area contributed by atoms with Gasteiger partial charge in [0, 0.05) is 26.1 Å². The summed E-state index contributed by atoms with van der Waals surface area (Å²) < 4.78 is 1.86. The smallest absolute Gasteiger partial charge is 0.179 e. The van der Waals surface area contributed by atoms with Crippen molar-refractivity contribution in [1.82, 2.24) is 10.0 Å². The molecule has 1 aromatic heterocycles. The second-order valence-corrected chi connectivity index (χ2v) is 3.04. The zero-order valence-electron chi connectivity index (χ0n) is 7.49. The maximum Gasteiger partial charge on any atom is 0.179 e. The van der Waals surface area contributed by atoms with Crippen LogP contribution < -0.4 is 5.48 Å². The summed E-state index contributed by atoms with van der Waals surface area (Å²) in [4.78, 5) is 16.7. The Morgan fingerprint density at radius 2 is 2.54 bits per heavy atom. The predicted molar refractivity (Wildman–Crippen MR) is 47.2 cm³/mol. The fourth-order valence-electron chi connectivity index (χ4n) is 1.65. The minimum absolute atomic E-state index is 0.0484. The maximum atomic E-state index is 11.4. The lowest BCUT2D eigenvalue weighted by Gasteiger charge is -2.24. The molecule has 0 fully saturated rings. The molecule has 4 heteroatoms. The molecule has 0 amide bonds. The number of Topliss-reactive ketones (excluding diaryl/α,β-unsaturated/α-hetero) is 1. The highest BCUT2D eigenvalue weighted by Gasteiger charge is 2.24. The fourth-order valence-corrected chi connectivity index (χ4v) is 1.65. The number of nitrogens with one attached hydrogen (secondary N) is 1. The predicted octanol–water partition coefficient (Wildman–Crippen LogP) is 1.11. The van der Waals surface area contributed by atoms with Gasteiger partial charge >= 0.3 is 0 Å². The van der Waals surface area contributed by atoms with Gasteiger partial charge in [0.1, 0.15) is 0 Å². The van der Waals surface area contributed by atoms with E-state index in [1.807, 2.05) is 22.9 Å². The molecule has 13 heavy (non-hydrogen) atoms. The number of aromatic nitrogens is 1. The number of carbonyl (C=O) groups excluding carboxylic acids is 1. The molecule has 1 aliphatic heterocycles. The molecule has 0 aliphatic carbocycles. The number of fused-ring (bicyclic) bond motifs is 1. The van der Waals surface area contributed by atoms with Gasteiger partial charge in [0.25, 0.3) is 0 Å². The maximum absolute atomic E-state index is 11.4. The summed E-state index contributed by atoms with van der Waals surface area (Å²) in [5, 5.41) is 0. The number of nitrogens with zero attached hydrogens (tertiary/aromatic N) is 1. The van der Waals surface area contributed by atoms with Crippen molar-refractivity contribution in [2.75, 3.05) is 7.05 Å². The molecule has 0 radical (unpaired) electrons. The molecule has 70 valence electrons. The van der Waals surface area contributed by atoms with Gasteiger partial charge in [-0.1, -0.05) is 0 Å². The van der Waals surface area contributed by atoms with Crippen LogP contribution in [0, 0.1) is 0 Å². The van der Waals surface area contributed by atoms with E-state index < -0.39 is 0 Å². The summed E-state index contributed by atoms with van der Waals surface area (Å²) in [6.45, 7) is 0. The normalized spacial score (nSPS) is 21.6. The van der Waals surface area contributed by atoms with Crippen molar-refractivity contribution in [2.24, 2.45) is 0 Å². The number of hydroxylamine groups is 1. The van der Waals surface area contributed by atoms with Crippen molar-refractivity contribution in [3.8, 4) is 0 Å². The van der Waals surface area contributed by atoms with Crippen molar-refractivity contribution >= 4 is 5.78 Å². The Labute approximate surface area is 76.4 Å². The van der Waals surface area contributed by atoms with Crippen molar-refractivity contribution in [3.05, 3.63) is 24.0 Å². The van der Waals surface area contributed by atoms with Gasteiger partial charge in [-0.2, -0.15) is 0 Å². The highest BCUT2D eigenvalue weighted by molar-refractivity contribution is 5.95. The molecule has 2 rings (SSSR count). The topological polar surface area (TPSA) is 43.3 Å². The lowest BCUT2D eigenvalue weighted by Crippen LogP contribution is -2.26. The molecule has 0 aromatic carbocycles. The molecule has 0 saturated heterocycles. The summed E-state index contributed by atoms with van der Waals surface area (Å²) in [7, 11) is 1.72. The quantitative estimate of drug-likeness (QED) is 0.693. The standard InChI is InChI=1S/C9H12N2O2/c1-10-13-9-5-4-8(12)7-3-2-6-11(7)9/h2-3,6,9-10H,4-5H2,1H3. The van der Waals surface area contributed by atoms with Crippen LogP contribution in [0.15, 0.2) is 18.3 Å². The van der Waals surface area contributed by atoms with Gasteiger partial charge < -0.3 is 4.57 Å². The Kier molecular flexibility index (Phi) is 2.16. The molecular weight excluding hydrogens is 168 g/mol. The Balaban J connectivity index is 2.30. The van der Waals surface area contributed by atoms with E-state index >= 15 is 0 Å². The third-order valence-corrected chi connectivity index (χ3v) is 2.25. The van der Waals surface area contributed by atoms with E-state index in [1.165, 1.54) is 0 Å². The van der Waals surface area contributed by atoms with Gasteiger partial charge in [-0.3, -0.25) is 9.63 Å². The van der Waals surface area contributed by atoms with Crippen LogP contribution in [0.4, 0.5) is 0 Å². The van der Waals surface area contributed by atoms with Crippen molar-refractivity contribution in [3.63, 3.8) is 0 Å². The lowest BCUT2D eigenvalue weighted by atomic mass is 10.1. The third kappa shape index (κ3) is 1.38. The fraction of sp³-hybridized carbons (Fsp3) is 0.444. The first kappa shape index (κ1) is 8.47. The molecule has 1 aliphatic rings. The third-order valence-electron chi connectivity index (χ3n) is 2.25. The molecule has 1 aromatic rings. The van der Waals surface area contributed by atoms with E-state index in [2.05, 4.69) is 5.48 Å². The van der Waals surface area contributed by atoms with Gasteiger partial charge in [-0.05, 0) is 12.1 Å². The molecule has 1 unspecified atom stereocenters. The SMILES string of the molecule is CNOC1CCC(=O)c2cccn21.